The molecule has 1 aliphatic rings. The Hall–Kier alpha value is -2.10. The van der Waals surface area contributed by atoms with Gasteiger partial charge >= 0.3 is 5.97 Å². The molecule has 0 aromatic heterocycles. The SMILES string of the molecule is CC1=C(C(=O)O)[C@@H](c2ccc(C)cc2)CC(=O)N1. The minimum Gasteiger partial charge on any atom is -0.478 e. The standard InChI is InChI=1S/C14H15NO3/c1-8-3-5-10(6-4-8)11-7-12(16)15-9(2)13(11)14(17)18/h3-6,11H,7H2,1-2H3,(H,15,16)(H,17,18)/t11-/m1/s1. The maximum atomic E-state index is 11.6. The summed E-state index contributed by atoms with van der Waals surface area (Å²) in [4.78, 5) is 22.9. The van der Waals surface area contributed by atoms with Gasteiger partial charge in [0.2, 0.25) is 5.91 Å². The Morgan fingerprint density at radius 2 is 1.89 bits per heavy atom. The second-order valence-corrected chi connectivity index (χ2v) is 4.56. The number of carboxylic acid groups (broad SMARTS) is 1. The number of nitrogens with one attached hydrogen (secondary N) is 1. The third-order valence-corrected chi connectivity index (χ3v) is 3.18. The number of aliphatic carboxylic acids is 1. The van der Waals surface area contributed by atoms with Crippen LogP contribution in [0.15, 0.2) is 35.5 Å². The maximum absolute atomic E-state index is 11.6. The number of carbonyl (C=O) groups excluding carboxylic acids is 1. The van der Waals surface area contributed by atoms with Crippen LogP contribution in [-0.4, -0.2) is 17.0 Å². The van der Waals surface area contributed by atoms with Gasteiger partial charge in [-0.3, -0.25) is 4.79 Å². The first kappa shape index (κ1) is 12.4. The second kappa shape index (κ2) is 4.64. The summed E-state index contributed by atoms with van der Waals surface area (Å²) in [5.41, 5.74) is 2.69. The van der Waals surface area contributed by atoms with Gasteiger partial charge in [-0.05, 0) is 19.4 Å². The normalized spacial score (nSPS) is 19.7. The van der Waals surface area contributed by atoms with E-state index in [0.717, 1.165) is 11.1 Å². The number of aryl methyl sites for hydroxylation is 1. The average Bonchev–Trinajstić information content (AvgIpc) is 2.28. The van der Waals surface area contributed by atoms with E-state index in [1.807, 2.05) is 31.2 Å². The number of hydrogen-bond acceptors (Lipinski definition) is 2. The molecule has 1 heterocycles. The third kappa shape index (κ3) is 2.27. The molecule has 4 nitrogen and oxygen atoms in total. The minimum absolute atomic E-state index is 0.136. The number of carboxylic acids is 1. The van der Waals surface area contributed by atoms with Crippen molar-refractivity contribution in [3.8, 4) is 0 Å². The molecular weight excluding hydrogens is 230 g/mol. The summed E-state index contributed by atoms with van der Waals surface area (Å²) in [7, 11) is 0. The van der Waals surface area contributed by atoms with E-state index in [-0.39, 0.29) is 23.8 Å². The molecule has 0 spiro atoms. The van der Waals surface area contributed by atoms with Crippen LogP contribution < -0.4 is 5.32 Å². The number of benzene rings is 1. The van der Waals surface area contributed by atoms with Gasteiger partial charge in [0.15, 0.2) is 0 Å². The molecule has 1 aromatic rings. The Morgan fingerprint density at radius 1 is 1.28 bits per heavy atom. The number of carbonyl (C=O) groups is 2. The maximum Gasteiger partial charge on any atom is 0.333 e. The first-order valence-electron chi connectivity index (χ1n) is 5.79. The van der Waals surface area contributed by atoms with Crippen LogP contribution in [-0.2, 0) is 9.59 Å². The van der Waals surface area contributed by atoms with Crippen LogP contribution in [0, 0.1) is 6.92 Å². The van der Waals surface area contributed by atoms with E-state index in [2.05, 4.69) is 5.32 Å². The van der Waals surface area contributed by atoms with Crippen molar-refractivity contribution in [2.75, 3.05) is 0 Å². The zero-order valence-corrected chi connectivity index (χ0v) is 10.4. The molecule has 0 saturated carbocycles. The van der Waals surface area contributed by atoms with Crippen molar-refractivity contribution in [3.63, 3.8) is 0 Å². The summed E-state index contributed by atoms with van der Waals surface area (Å²) < 4.78 is 0. The minimum atomic E-state index is -0.974. The number of hydrogen-bond donors (Lipinski definition) is 2. The molecular formula is C14H15NO3. The first-order chi connectivity index (χ1) is 8.49. The fourth-order valence-electron chi connectivity index (χ4n) is 2.27. The lowest BCUT2D eigenvalue weighted by Crippen LogP contribution is -2.33. The van der Waals surface area contributed by atoms with Crippen LogP contribution in [0.2, 0.25) is 0 Å². The number of allylic oxidation sites excluding steroid dienone is 1. The van der Waals surface area contributed by atoms with E-state index in [9.17, 15) is 14.7 Å². The molecule has 1 aromatic carbocycles. The molecule has 18 heavy (non-hydrogen) atoms. The molecule has 2 N–H and O–H groups in total. The molecule has 0 bridgehead atoms. The topological polar surface area (TPSA) is 66.4 Å². The van der Waals surface area contributed by atoms with Gasteiger partial charge in [0, 0.05) is 18.0 Å². The van der Waals surface area contributed by atoms with Gasteiger partial charge in [0.25, 0.3) is 0 Å². The predicted molar refractivity (Wildman–Crippen MR) is 67.0 cm³/mol. The molecule has 0 saturated heterocycles. The smallest absolute Gasteiger partial charge is 0.333 e. The molecule has 1 atom stereocenters. The van der Waals surface area contributed by atoms with Gasteiger partial charge in [0.1, 0.15) is 0 Å². The fraction of sp³-hybridized carbons (Fsp3) is 0.286. The highest BCUT2D eigenvalue weighted by Gasteiger charge is 2.31. The van der Waals surface area contributed by atoms with Crippen LogP contribution in [0.25, 0.3) is 0 Å². The van der Waals surface area contributed by atoms with Gasteiger partial charge in [0.05, 0.1) is 5.57 Å². The quantitative estimate of drug-likeness (QED) is 0.837. The van der Waals surface area contributed by atoms with Crippen LogP contribution in [0.4, 0.5) is 0 Å². The highest BCUT2D eigenvalue weighted by Crippen LogP contribution is 2.32. The molecule has 2 rings (SSSR count). The van der Waals surface area contributed by atoms with Crippen LogP contribution in [0.1, 0.15) is 30.4 Å². The van der Waals surface area contributed by atoms with Crippen molar-refractivity contribution in [3.05, 3.63) is 46.7 Å². The summed E-state index contributed by atoms with van der Waals surface area (Å²) in [6.45, 7) is 3.60. The summed E-state index contributed by atoms with van der Waals surface area (Å²) in [5, 5.41) is 11.9. The summed E-state index contributed by atoms with van der Waals surface area (Å²) in [6.07, 6.45) is 0.183. The zero-order chi connectivity index (χ0) is 13.3. The van der Waals surface area contributed by atoms with E-state index in [1.54, 1.807) is 6.92 Å². The van der Waals surface area contributed by atoms with Gasteiger partial charge in [-0.15, -0.1) is 0 Å². The summed E-state index contributed by atoms with van der Waals surface area (Å²) in [6, 6.07) is 7.62. The van der Waals surface area contributed by atoms with E-state index in [0.29, 0.717) is 5.70 Å². The Balaban J connectivity index is 2.46. The average molecular weight is 245 g/mol. The first-order valence-corrected chi connectivity index (χ1v) is 5.79. The molecule has 0 aliphatic carbocycles. The summed E-state index contributed by atoms with van der Waals surface area (Å²) in [5.74, 6) is -1.47. The van der Waals surface area contributed by atoms with Crippen molar-refractivity contribution < 1.29 is 14.7 Å². The van der Waals surface area contributed by atoms with Crippen molar-refractivity contribution in [2.45, 2.75) is 26.2 Å². The molecule has 0 radical (unpaired) electrons. The van der Waals surface area contributed by atoms with Crippen molar-refractivity contribution in [2.24, 2.45) is 0 Å². The lowest BCUT2D eigenvalue weighted by atomic mass is 9.84. The van der Waals surface area contributed by atoms with Gasteiger partial charge in [-0.2, -0.15) is 0 Å². The van der Waals surface area contributed by atoms with Gasteiger partial charge in [-0.25, -0.2) is 4.79 Å². The highest BCUT2D eigenvalue weighted by molar-refractivity contribution is 5.94. The van der Waals surface area contributed by atoms with Crippen LogP contribution in [0.3, 0.4) is 0 Å². The van der Waals surface area contributed by atoms with Crippen LogP contribution in [0.5, 0.6) is 0 Å². The van der Waals surface area contributed by atoms with Crippen molar-refractivity contribution in [1.29, 1.82) is 0 Å². The molecule has 0 fully saturated rings. The number of rotatable bonds is 2. The van der Waals surface area contributed by atoms with Crippen molar-refractivity contribution in [1.82, 2.24) is 5.32 Å². The Labute approximate surface area is 105 Å². The molecule has 94 valence electrons. The molecule has 1 amide bonds. The predicted octanol–water partition coefficient (Wildman–Crippen LogP) is 1.96. The zero-order valence-electron chi connectivity index (χ0n) is 10.4. The Bertz CT molecular complexity index is 528. The van der Waals surface area contributed by atoms with Crippen LogP contribution >= 0.6 is 0 Å². The highest BCUT2D eigenvalue weighted by atomic mass is 16.4. The third-order valence-electron chi connectivity index (χ3n) is 3.18. The summed E-state index contributed by atoms with van der Waals surface area (Å²) >= 11 is 0. The van der Waals surface area contributed by atoms with Crippen molar-refractivity contribution >= 4 is 11.9 Å². The van der Waals surface area contributed by atoms with E-state index < -0.39 is 5.97 Å². The van der Waals surface area contributed by atoms with E-state index in [4.69, 9.17) is 0 Å². The van der Waals surface area contributed by atoms with Gasteiger partial charge < -0.3 is 10.4 Å². The Morgan fingerprint density at radius 3 is 2.44 bits per heavy atom. The largest absolute Gasteiger partial charge is 0.478 e. The Kier molecular flexibility index (Phi) is 3.19. The van der Waals surface area contributed by atoms with E-state index >= 15 is 0 Å². The van der Waals surface area contributed by atoms with Gasteiger partial charge in [-0.1, -0.05) is 29.8 Å². The monoisotopic (exact) mass is 245 g/mol. The lowest BCUT2D eigenvalue weighted by Gasteiger charge is -2.25. The second-order valence-electron chi connectivity index (χ2n) is 4.56. The molecule has 4 heteroatoms. The lowest BCUT2D eigenvalue weighted by molar-refractivity contribution is -0.133. The molecule has 0 unspecified atom stereocenters. The van der Waals surface area contributed by atoms with E-state index in [1.165, 1.54) is 0 Å². The number of amides is 1. The molecule has 1 aliphatic heterocycles. The fourth-order valence-corrected chi connectivity index (χ4v) is 2.27.